The van der Waals surface area contributed by atoms with E-state index in [2.05, 4.69) is 4.90 Å². The van der Waals surface area contributed by atoms with E-state index in [1.807, 2.05) is 13.8 Å². The van der Waals surface area contributed by atoms with Gasteiger partial charge in [0.25, 0.3) is 0 Å². The number of nitrogens with zero attached hydrogens (tertiary/aromatic N) is 1. The summed E-state index contributed by atoms with van der Waals surface area (Å²) in [7, 11) is 0. The van der Waals surface area contributed by atoms with Gasteiger partial charge in [-0.25, -0.2) is 4.79 Å². The number of benzene rings is 1. The third-order valence-corrected chi connectivity index (χ3v) is 2.64. The monoisotopic (exact) mass is 236 g/mol. The summed E-state index contributed by atoms with van der Waals surface area (Å²) >= 11 is 0. The molecule has 0 heterocycles. The number of anilines is 2. The van der Waals surface area contributed by atoms with E-state index in [1.165, 1.54) is 0 Å². The molecule has 1 rings (SSSR count). The van der Waals surface area contributed by atoms with Crippen LogP contribution in [0.1, 0.15) is 31.1 Å². The van der Waals surface area contributed by atoms with Gasteiger partial charge in [-0.15, -0.1) is 0 Å². The van der Waals surface area contributed by atoms with Crippen LogP contribution in [0.3, 0.4) is 0 Å². The van der Waals surface area contributed by atoms with Gasteiger partial charge in [-0.3, -0.25) is 0 Å². The van der Waals surface area contributed by atoms with Gasteiger partial charge in [-0.2, -0.15) is 0 Å². The molecule has 0 aliphatic heterocycles. The first kappa shape index (κ1) is 13.4. The predicted octanol–water partition coefficient (Wildman–Crippen LogP) is 2.29. The lowest BCUT2D eigenvalue weighted by Crippen LogP contribution is -2.25. The summed E-state index contributed by atoms with van der Waals surface area (Å²) in [5.41, 5.74) is 7.88. The lowest BCUT2D eigenvalue weighted by molar-refractivity contribution is 0.0527. The number of para-hydroxylation sites is 1. The zero-order valence-electron chi connectivity index (χ0n) is 10.7. The summed E-state index contributed by atoms with van der Waals surface area (Å²) in [4.78, 5) is 13.9. The van der Waals surface area contributed by atoms with Gasteiger partial charge in [0, 0.05) is 13.1 Å². The molecule has 4 heteroatoms. The van der Waals surface area contributed by atoms with Gasteiger partial charge in [-0.05, 0) is 32.9 Å². The number of rotatable bonds is 5. The number of carbonyl (C=O) groups excluding carboxylic acids is 1. The van der Waals surface area contributed by atoms with Crippen LogP contribution >= 0.6 is 0 Å². The molecule has 1 aromatic rings. The van der Waals surface area contributed by atoms with E-state index >= 15 is 0 Å². The Balaban J connectivity index is 3.20. The quantitative estimate of drug-likeness (QED) is 0.629. The van der Waals surface area contributed by atoms with Crippen LogP contribution in [0.2, 0.25) is 0 Å². The van der Waals surface area contributed by atoms with E-state index in [-0.39, 0.29) is 5.97 Å². The molecule has 0 aromatic heterocycles. The van der Waals surface area contributed by atoms with E-state index in [1.54, 1.807) is 25.1 Å². The molecule has 0 amide bonds. The van der Waals surface area contributed by atoms with Crippen LogP contribution in [0.25, 0.3) is 0 Å². The molecule has 0 radical (unpaired) electrons. The van der Waals surface area contributed by atoms with Crippen LogP contribution in [-0.2, 0) is 4.74 Å². The molecule has 2 N–H and O–H groups in total. The highest BCUT2D eigenvalue weighted by atomic mass is 16.5. The Hall–Kier alpha value is -1.71. The number of carbonyl (C=O) groups is 1. The molecule has 4 nitrogen and oxygen atoms in total. The van der Waals surface area contributed by atoms with Gasteiger partial charge in [0.1, 0.15) is 0 Å². The van der Waals surface area contributed by atoms with E-state index in [4.69, 9.17) is 10.5 Å². The van der Waals surface area contributed by atoms with Crippen LogP contribution < -0.4 is 10.6 Å². The molecule has 0 fully saturated rings. The Morgan fingerprint density at radius 1 is 1.29 bits per heavy atom. The van der Waals surface area contributed by atoms with Crippen molar-refractivity contribution in [3.05, 3.63) is 23.8 Å². The van der Waals surface area contributed by atoms with Crippen LogP contribution in [0.4, 0.5) is 11.4 Å². The predicted molar refractivity (Wildman–Crippen MR) is 70.4 cm³/mol. The molecular weight excluding hydrogens is 216 g/mol. The van der Waals surface area contributed by atoms with Crippen molar-refractivity contribution in [2.75, 3.05) is 30.3 Å². The second-order valence-electron chi connectivity index (χ2n) is 3.64. The molecule has 17 heavy (non-hydrogen) atoms. The molecule has 0 spiro atoms. The average Bonchev–Trinajstić information content (AvgIpc) is 2.32. The first-order chi connectivity index (χ1) is 8.15. The van der Waals surface area contributed by atoms with Crippen molar-refractivity contribution in [3.8, 4) is 0 Å². The number of hydrogen-bond acceptors (Lipinski definition) is 4. The van der Waals surface area contributed by atoms with E-state index < -0.39 is 0 Å². The maximum atomic E-state index is 11.8. The number of esters is 1. The molecule has 0 saturated heterocycles. The third-order valence-electron chi connectivity index (χ3n) is 2.64. The van der Waals surface area contributed by atoms with Crippen molar-refractivity contribution in [2.45, 2.75) is 20.8 Å². The maximum absolute atomic E-state index is 11.8. The fraction of sp³-hybridized carbons (Fsp3) is 0.462. The van der Waals surface area contributed by atoms with Gasteiger partial charge >= 0.3 is 5.97 Å². The summed E-state index contributed by atoms with van der Waals surface area (Å²) < 4.78 is 5.04. The Bertz CT molecular complexity index is 387. The lowest BCUT2D eigenvalue weighted by atomic mass is 10.1. The molecular formula is C13H20N2O2. The zero-order chi connectivity index (χ0) is 12.8. The summed E-state index contributed by atoms with van der Waals surface area (Å²) in [6.45, 7) is 7.83. The molecule has 0 aliphatic carbocycles. The highest BCUT2D eigenvalue weighted by Crippen LogP contribution is 2.28. The van der Waals surface area contributed by atoms with Crippen molar-refractivity contribution < 1.29 is 9.53 Å². The number of ether oxygens (including phenoxy) is 1. The zero-order valence-corrected chi connectivity index (χ0v) is 10.7. The Morgan fingerprint density at radius 2 is 1.94 bits per heavy atom. The molecule has 0 aliphatic rings. The summed E-state index contributed by atoms with van der Waals surface area (Å²) in [5.74, 6) is -0.318. The van der Waals surface area contributed by atoms with Crippen molar-refractivity contribution in [1.82, 2.24) is 0 Å². The summed E-state index contributed by atoms with van der Waals surface area (Å²) in [5, 5.41) is 0. The minimum Gasteiger partial charge on any atom is -0.462 e. The van der Waals surface area contributed by atoms with Crippen molar-refractivity contribution in [1.29, 1.82) is 0 Å². The van der Waals surface area contributed by atoms with E-state index in [0.717, 1.165) is 18.8 Å². The highest BCUT2D eigenvalue weighted by Gasteiger charge is 2.18. The second-order valence-corrected chi connectivity index (χ2v) is 3.64. The largest absolute Gasteiger partial charge is 0.462 e. The normalized spacial score (nSPS) is 10.1. The maximum Gasteiger partial charge on any atom is 0.340 e. The minimum absolute atomic E-state index is 0.318. The third kappa shape index (κ3) is 2.90. The van der Waals surface area contributed by atoms with Gasteiger partial charge < -0.3 is 15.4 Å². The van der Waals surface area contributed by atoms with Gasteiger partial charge in [0.05, 0.1) is 23.5 Å². The smallest absolute Gasteiger partial charge is 0.340 e. The fourth-order valence-corrected chi connectivity index (χ4v) is 1.83. The Kier molecular flexibility index (Phi) is 4.82. The van der Waals surface area contributed by atoms with Gasteiger partial charge in [-0.1, -0.05) is 6.07 Å². The number of nitrogens with two attached hydrogens (primary N) is 1. The SMILES string of the molecule is CCOC(=O)c1cccc(N)c1N(CC)CC. The fourth-order valence-electron chi connectivity index (χ4n) is 1.83. The summed E-state index contributed by atoms with van der Waals surface area (Å²) in [6, 6.07) is 5.33. The van der Waals surface area contributed by atoms with Crippen LogP contribution in [0.5, 0.6) is 0 Å². The number of hydrogen-bond donors (Lipinski definition) is 1. The Labute approximate surface area is 102 Å². The molecule has 0 atom stereocenters. The van der Waals surface area contributed by atoms with Crippen molar-refractivity contribution in [3.63, 3.8) is 0 Å². The van der Waals surface area contributed by atoms with Crippen molar-refractivity contribution in [2.24, 2.45) is 0 Å². The van der Waals surface area contributed by atoms with Crippen LogP contribution in [0, 0.1) is 0 Å². The second kappa shape index (κ2) is 6.13. The molecule has 0 unspecified atom stereocenters. The number of nitrogen functional groups attached to an aromatic ring is 1. The van der Waals surface area contributed by atoms with Gasteiger partial charge in [0.2, 0.25) is 0 Å². The molecule has 94 valence electrons. The first-order valence-electron chi connectivity index (χ1n) is 5.96. The molecule has 1 aromatic carbocycles. The van der Waals surface area contributed by atoms with Crippen LogP contribution in [0.15, 0.2) is 18.2 Å². The standard InChI is InChI=1S/C13H20N2O2/c1-4-15(5-2)12-10(13(16)17-6-3)8-7-9-11(12)14/h7-9H,4-6,14H2,1-3H3. The topological polar surface area (TPSA) is 55.6 Å². The minimum atomic E-state index is -0.318. The highest BCUT2D eigenvalue weighted by molar-refractivity contribution is 5.99. The average molecular weight is 236 g/mol. The van der Waals surface area contributed by atoms with Gasteiger partial charge in [0.15, 0.2) is 0 Å². The van der Waals surface area contributed by atoms with Crippen molar-refractivity contribution >= 4 is 17.3 Å². The van der Waals surface area contributed by atoms with Crippen LogP contribution in [-0.4, -0.2) is 25.7 Å². The van der Waals surface area contributed by atoms with E-state index in [0.29, 0.717) is 17.9 Å². The molecule has 0 saturated carbocycles. The Morgan fingerprint density at radius 3 is 2.47 bits per heavy atom. The lowest BCUT2D eigenvalue weighted by Gasteiger charge is -2.25. The van der Waals surface area contributed by atoms with E-state index in [9.17, 15) is 4.79 Å². The first-order valence-corrected chi connectivity index (χ1v) is 5.96. The summed E-state index contributed by atoms with van der Waals surface area (Å²) in [6.07, 6.45) is 0. The molecule has 0 bridgehead atoms.